The maximum absolute atomic E-state index is 12.2. The van der Waals surface area contributed by atoms with Crippen molar-refractivity contribution >= 4 is 48.8 Å². The Morgan fingerprint density at radius 1 is 1.10 bits per heavy atom. The van der Waals surface area contributed by atoms with Gasteiger partial charge < -0.3 is 5.11 Å². The zero-order valence-electron chi connectivity index (χ0n) is 10.6. The second-order valence-electron chi connectivity index (χ2n) is 4.70. The third-order valence-electron chi connectivity index (χ3n) is 3.48. The van der Waals surface area contributed by atoms with Crippen LogP contribution in [-0.4, -0.2) is 11.0 Å². The molecule has 102 valence electrons. The number of fused-ring (bicyclic) bond motifs is 2. The van der Waals surface area contributed by atoms with E-state index in [0.29, 0.717) is 15.8 Å². The SMILES string of the molecule is O=C1N=c2ccccc2=C1c1sc2cccc(Br)c2c1O. The van der Waals surface area contributed by atoms with Crippen LogP contribution in [0.5, 0.6) is 5.75 Å². The summed E-state index contributed by atoms with van der Waals surface area (Å²) in [4.78, 5) is 16.9. The molecule has 4 rings (SSSR count). The number of thiophene rings is 1. The Hall–Kier alpha value is -1.98. The van der Waals surface area contributed by atoms with Gasteiger partial charge in [-0.05, 0) is 34.1 Å². The summed E-state index contributed by atoms with van der Waals surface area (Å²) in [6, 6.07) is 13.1. The number of hydrogen-bond acceptors (Lipinski definition) is 3. The molecule has 5 heteroatoms. The van der Waals surface area contributed by atoms with Crippen LogP contribution in [0.4, 0.5) is 0 Å². The van der Waals surface area contributed by atoms with E-state index < -0.39 is 0 Å². The Morgan fingerprint density at radius 2 is 1.90 bits per heavy atom. The second-order valence-corrected chi connectivity index (χ2v) is 6.61. The van der Waals surface area contributed by atoms with E-state index in [1.807, 2.05) is 36.4 Å². The van der Waals surface area contributed by atoms with E-state index in [4.69, 9.17) is 0 Å². The number of carbonyl (C=O) groups is 1. The van der Waals surface area contributed by atoms with Gasteiger partial charge in [0.25, 0.3) is 5.91 Å². The molecule has 0 saturated heterocycles. The first-order valence-corrected chi connectivity index (χ1v) is 7.90. The second kappa shape index (κ2) is 4.51. The summed E-state index contributed by atoms with van der Waals surface area (Å²) in [6.07, 6.45) is 0. The van der Waals surface area contributed by atoms with Crippen LogP contribution in [-0.2, 0) is 4.79 Å². The number of amides is 1. The number of hydrogen-bond donors (Lipinski definition) is 1. The summed E-state index contributed by atoms with van der Waals surface area (Å²) < 4.78 is 1.75. The highest BCUT2D eigenvalue weighted by Crippen LogP contribution is 2.43. The minimum atomic E-state index is -0.297. The fourth-order valence-corrected chi connectivity index (χ4v) is 4.40. The van der Waals surface area contributed by atoms with Gasteiger partial charge in [0.2, 0.25) is 0 Å². The Labute approximate surface area is 132 Å². The number of halogens is 1. The largest absolute Gasteiger partial charge is 0.506 e. The molecule has 0 aliphatic carbocycles. The molecule has 1 aliphatic rings. The summed E-state index contributed by atoms with van der Waals surface area (Å²) in [7, 11) is 0. The number of aromatic hydroxyl groups is 1. The first-order valence-electron chi connectivity index (χ1n) is 6.29. The number of para-hydroxylation sites is 1. The van der Waals surface area contributed by atoms with Gasteiger partial charge in [-0.1, -0.05) is 24.3 Å². The highest BCUT2D eigenvalue weighted by Gasteiger charge is 2.24. The van der Waals surface area contributed by atoms with Crippen molar-refractivity contribution in [3.8, 4) is 5.75 Å². The molecule has 21 heavy (non-hydrogen) atoms. The van der Waals surface area contributed by atoms with E-state index in [2.05, 4.69) is 20.9 Å². The molecule has 0 saturated carbocycles. The lowest BCUT2D eigenvalue weighted by Gasteiger charge is -1.98. The minimum Gasteiger partial charge on any atom is -0.506 e. The van der Waals surface area contributed by atoms with Crippen molar-refractivity contribution in [2.75, 3.05) is 0 Å². The molecule has 0 atom stereocenters. The van der Waals surface area contributed by atoms with Crippen LogP contribution < -0.4 is 10.6 Å². The first kappa shape index (κ1) is 12.7. The monoisotopic (exact) mass is 357 g/mol. The third-order valence-corrected chi connectivity index (χ3v) is 5.30. The lowest BCUT2D eigenvalue weighted by atomic mass is 10.1. The van der Waals surface area contributed by atoms with Gasteiger partial charge in [-0.2, -0.15) is 0 Å². The summed E-state index contributed by atoms with van der Waals surface area (Å²) in [5.41, 5.74) is 0.483. The fourth-order valence-electron chi connectivity index (χ4n) is 2.54. The zero-order chi connectivity index (χ0) is 14.6. The van der Waals surface area contributed by atoms with E-state index >= 15 is 0 Å². The van der Waals surface area contributed by atoms with Crippen LogP contribution in [0.1, 0.15) is 4.88 Å². The molecule has 2 aromatic carbocycles. The maximum Gasteiger partial charge on any atom is 0.279 e. The smallest absolute Gasteiger partial charge is 0.279 e. The number of nitrogens with zero attached hydrogens (tertiary/aromatic N) is 1. The van der Waals surface area contributed by atoms with Crippen molar-refractivity contribution in [3.05, 3.63) is 62.4 Å². The molecule has 1 amide bonds. The average molecular weight is 358 g/mol. The molecule has 0 unspecified atom stereocenters. The third kappa shape index (κ3) is 1.78. The van der Waals surface area contributed by atoms with Crippen molar-refractivity contribution in [2.24, 2.45) is 4.99 Å². The molecule has 3 aromatic rings. The molecule has 0 bridgehead atoms. The quantitative estimate of drug-likeness (QED) is 0.727. The number of rotatable bonds is 1. The van der Waals surface area contributed by atoms with Crippen LogP contribution in [0.15, 0.2) is 51.9 Å². The molecule has 0 spiro atoms. The summed E-state index contributed by atoms with van der Waals surface area (Å²) in [5.74, 6) is -0.160. The molecule has 0 fully saturated rings. The van der Waals surface area contributed by atoms with E-state index in [1.165, 1.54) is 11.3 Å². The van der Waals surface area contributed by atoms with Crippen LogP contribution in [0.2, 0.25) is 0 Å². The van der Waals surface area contributed by atoms with Gasteiger partial charge in [0.1, 0.15) is 5.75 Å². The van der Waals surface area contributed by atoms with Gasteiger partial charge in [-0.3, -0.25) is 4.79 Å². The van der Waals surface area contributed by atoms with Gasteiger partial charge >= 0.3 is 0 Å². The summed E-state index contributed by atoms with van der Waals surface area (Å²) >= 11 is 4.85. The Balaban J connectivity index is 2.14. The summed E-state index contributed by atoms with van der Waals surface area (Å²) in [6.45, 7) is 0. The predicted molar refractivity (Wildman–Crippen MR) is 85.9 cm³/mol. The van der Waals surface area contributed by atoms with Gasteiger partial charge in [0, 0.05) is 19.8 Å². The average Bonchev–Trinajstić information content (AvgIpc) is 2.96. The lowest BCUT2D eigenvalue weighted by molar-refractivity contribution is -0.112. The molecular formula is C16H8BrNO2S. The van der Waals surface area contributed by atoms with Crippen molar-refractivity contribution in [2.45, 2.75) is 0 Å². The van der Waals surface area contributed by atoms with Crippen LogP contribution in [0.25, 0.3) is 15.7 Å². The standard InChI is InChI=1S/C16H8BrNO2S/c17-9-5-3-7-11-13(9)14(19)15(21-11)12-8-4-1-2-6-10(8)18-16(12)20/h1-7,19H. The van der Waals surface area contributed by atoms with E-state index in [9.17, 15) is 9.90 Å². The minimum absolute atomic E-state index is 0.137. The van der Waals surface area contributed by atoms with Gasteiger partial charge in [0.15, 0.2) is 0 Å². The van der Waals surface area contributed by atoms with Gasteiger partial charge in [-0.25, -0.2) is 4.99 Å². The highest BCUT2D eigenvalue weighted by atomic mass is 79.9. The molecule has 1 N–H and O–H groups in total. The normalized spacial score (nSPS) is 13.6. The Kier molecular flexibility index (Phi) is 2.74. The predicted octanol–water partition coefficient (Wildman–Crippen LogP) is 2.73. The van der Waals surface area contributed by atoms with Crippen molar-refractivity contribution < 1.29 is 9.90 Å². The molecule has 1 aromatic heterocycles. The van der Waals surface area contributed by atoms with Crippen LogP contribution >= 0.6 is 27.3 Å². The van der Waals surface area contributed by atoms with Crippen LogP contribution in [0.3, 0.4) is 0 Å². The Bertz CT molecular complexity index is 1040. The molecule has 1 aliphatic heterocycles. The lowest BCUT2D eigenvalue weighted by Crippen LogP contribution is -2.22. The molecule has 3 nitrogen and oxygen atoms in total. The summed E-state index contributed by atoms with van der Waals surface area (Å²) in [5, 5.41) is 12.7. The highest BCUT2D eigenvalue weighted by molar-refractivity contribution is 9.10. The zero-order valence-corrected chi connectivity index (χ0v) is 13.0. The van der Waals surface area contributed by atoms with Crippen molar-refractivity contribution in [3.63, 3.8) is 0 Å². The molecular weight excluding hydrogens is 350 g/mol. The van der Waals surface area contributed by atoms with E-state index in [-0.39, 0.29) is 11.7 Å². The fraction of sp³-hybridized carbons (Fsp3) is 0. The number of benzene rings is 2. The maximum atomic E-state index is 12.2. The van der Waals surface area contributed by atoms with Crippen molar-refractivity contribution in [1.29, 1.82) is 0 Å². The van der Waals surface area contributed by atoms with Gasteiger partial charge in [-0.15, -0.1) is 11.3 Å². The topological polar surface area (TPSA) is 49.7 Å². The van der Waals surface area contributed by atoms with E-state index in [1.54, 1.807) is 6.07 Å². The number of carbonyl (C=O) groups excluding carboxylic acids is 1. The van der Waals surface area contributed by atoms with Gasteiger partial charge in [0.05, 0.1) is 15.8 Å². The first-order chi connectivity index (χ1) is 10.2. The van der Waals surface area contributed by atoms with Crippen molar-refractivity contribution in [1.82, 2.24) is 0 Å². The molecule has 0 radical (unpaired) electrons. The molecule has 2 heterocycles. The van der Waals surface area contributed by atoms with E-state index in [0.717, 1.165) is 19.8 Å². The Morgan fingerprint density at radius 3 is 2.71 bits per heavy atom. The van der Waals surface area contributed by atoms with Crippen LogP contribution in [0, 0.1) is 0 Å².